The largest absolute Gasteiger partial charge is 0.457 e. The Kier molecular flexibility index (Phi) is 5.89. The quantitative estimate of drug-likeness (QED) is 0.608. The van der Waals surface area contributed by atoms with Gasteiger partial charge in [-0.1, -0.05) is 47.6 Å². The highest BCUT2D eigenvalue weighted by Crippen LogP contribution is 2.18. The number of carbonyl (C=O) groups excluding carboxylic acids is 2. The molecule has 6 nitrogen and oxygen atoms in total. The van der Waals surface area contributed by atoms with E-state index >= 15 is 0 Å². The highest BCUT2D eigenvalue weighted by atomic mass is 16.5. The molecule has 28 heavy (non-hydrogen) atoms. The lowest BCUT2D eigenvalue weighted by molar-refractivity contribution is 0.0465. The van der Waals surface area contributed by atoms with Gasteiger partial charge in [-0.3, -0.25) is 4.79 Å². The van der Waals surface area contributed by atoms with Crippen molar-refractivity contribution in [3.05, 3.63) is 88.3 Å². The molecule has 0 unspecified atom stereocenters. The number of benzene rings is 2. The van der Waals surface area contributed by atoms with Crippen LogP contribution in [0.3, 0.4) is 0 Å². The highest BCUT2D eigenvalue weighted by Gasteiger charge is 2.21. The predicted octanol–water partition coefficient (Wildman–Crippen LogP) is 3.92. The van der Waals surface area contributed by atoms with Crippen molar-refractivity contribution in [3.63, 3.8) is 0 Å². The van der Waals surface area contributed by atoms with E-state index in [-0.39, 0.29) is 18.1 Å². The molecular weight excluding hydrogens is 356 g/mol. The molecule has 0 radical (unpaired) electrons. The van der Waals surface area contributed by atoms with Crippen molar-refractivity contribution in [2.45, 2.75) is 27.0 Å². The first kappa shape index (κ1) is 19.4. The number of esters is 1. The van der Waals surface area contributed by atoms with E-state index in [1.807, 2.05) is 30.3 Å². The van der Waals surface area contributed by atoms with Crippen molar-refractivity contribution in [3.8, 4) is 0 Å². The molecule has 0 fully saturated rings. The smallest absolute Gasteiger partial charge is 0.339 e. The van der Waals surface area contributed by atoms with E-state index in [1.54, 1.807) is 50.1 Å². The van der Waals surface area contributed by atoms with Gasteiger partial charge in [-0.25, -0.2) is 4.79 Å². The Morgan fingerprint density at radius 1 is 1.00 bits per heavy atom. The molecule has 0 spiro atoms. The third-order valence-electron chi connectivity index (χ3n) is 4.52. The van der Waals surface area contributed by atoms with Crippen LogP contribution in [0.1, 0.15) is 43.3 Å². The Morgan fingerprint density at radius 3 is 2.29 bits per heavy atom. The van der Waals surface area contributed by atoms with Gasteiger partial charge in [0, 0.05) is 13.6 Å². The van der Waals surface area contributed by atoms with Crippen molar-refractivity contribution in [1.82, 2.24) is 10.1 Å². The van der Waals surface area contributed by atoms with Gasteiger partial charge in [-0.05, 0) is 31.5 Å². The highest BCUT2D eigenvalue weighted by molar-refractivity contribution is 6.05. The number of hydrogen-bond donors (Lipinski definition) is 0. The maximum atomic E-state index is 12.9. The summed E-state index contributed by atoms with van der Waals surface area (Å²) in [5.74, 6) is -0.192. The number of aryl methyl sites for hydroxylation is 2. The number of rotatable bonds is 6. The SMILES string of the molecule is Cc1noc(C)c1COC(=O)c1ccccc1C(=O)N(C)Cc1ccccc1. The monoisotopic (exact) mass is 378 g/mol. The predicted molar refractivity (Wildman–Crippen MR) is 104 cm³/mol. The van der Waals surface area contributed by atoms with Crippen LogP contribution < -0.4 is 0 Å². The third kappa shape index (κ3) is 4.28. The van der Waals surface area contributed by atoms with E-state index in [1.165, 1.54) is 0 Å². The summed E-state index contributed by atoms with van der Waals surface area (Å²) in [6, 6.07) is 16.3. The maximum absolute atomic E-state index is 12.9. The molecule has 0 bridgehead atoms. The first-order valence-electron chi connectivity index (χ1n) is 8.94. The first-order chi connectivity index (χ1) is 13.5. The van der Waals surface area contributed by atoms with Crippen LogP contribution in [0.5, 0.6) is 0 Å². The number of ether oxygens (including phenoxy) is 1. The second-order valence-electron chi connectivity index (χ2n) is 6.57. The van der Waals surface area contributed by atoms with Crippen LogP contribution in [0, 0.1) is 13.8 Å². The van der Waals surface area contributed by atoms with Crippen LogP contribution in [-0.4, -0.2) is 29.0 Å². The Labute approximate surface area is 163 Å². The normalized spacial score (nSPS) is 10.5. The van der Waals surface area contributed by atoms with Gasteiger partial charge in [0.15, 0.2) is 0 Å². The van der Waals surface area contributed by atoms with Crippen molar-refractivity contribution in [2.75, 3.05) is 7.05 Å². The summed E-state index contributed by atoms with van der Waals surface area (Å²) >= 11 is 0. The van der Waals surface area contributed by atoms with Crippen molar-refractivity contribution in [2.24, 2.45) is 0 Å². The van der Waals surface area contributed by atoms with E-state index in [2.05, 4.69) is 5.16 Å². The molecule has 3 rings (SSSR count). The molecule has 0 saturated carbocycles. The van der Waals surface area contributed by atoms with E-state index in [0.29, 0.717) is 23.6 Å². The summed E-state index contributed by atoms with van der Waals surface area (Å²) in [5, 5.41) is 3.85. The molecule has 1 heterocycles. The number of aromatic nitrogens is 1. The summed E-state index contributed by atoms with van der Waals surface area (Å²) in [7, 11) is 1.71. The van der Waals surface area contributed by atoms with Gasteiger partial charge in [0.05, 0.1) is 22.4 Å². The molecule has 144 valence electrons. The first-order valence-corrected chi connectivity index (χ1v) is 8.94. The van der Waals surface area contributed by atoms with Gasteiger partial charge in [0.25, 0.3) is 5.91 Å². The summed E-state index contributed by atoms with van der Waals surface area (Å²) in [6.45, 7) is 4.04. The summed E-state index contributed by atoms with van der Waals surface area (Å²) in [4.78, 5) is 27.1. The fraction of sp³-hybridized carbons (Fsp3) is 0.227. The van der Waals surface area contributed by atoms with E-state index in [4.69, 9.17) is 9.26 Å². The van der Waals surface area contributed by atoms with Gasteiger partial charge in [0.2, 0.25) is 0 Å². The van der Waals surface area contributed by atoms with Crippen molar-refractivity contribution in [1.29, 1.82) is 0 Å². The van der Waals surface area contributed by atoms with Gasteiger partial charge >= 0.3 is 5.97 Å². The average molecular weight is 378 g/mol. The molecule has 0 aliphatic carbocycles. The van der Waals surface area contributed by atoms with Crippen LogP contribution in [-0.2, 0) is 17.9 Å². The number of amides is 1. The molecule has 1 aromatic heterocycles. The lowest BCUT2D eigenvalue weighted by atomic mass is 10.1. The van der Waals surface area contributed by atoms with Gasteiger partial charge in [-0.15, -0.1) is 0 Å². The fourth-order valence-corrected chi connectivity index (χ4v) is 2.91. The number of carbonyl (C=O) groups is 2. The third-order valence-corrected chi connectivity index (χ3v) is 4.52. The van der Waals surface area contributed by atoms with Gasteiger partial charge in [-0.2, -0.15) is 0 Å². The van der Waals surface area contributed by atoms with Gasteiger partial charge < -0.3 is 14.2 Å². The molecule has 0 aliphatic rings. The zero-order valence-electron chi connectivity index (χ0n) is 16.1. The summed E-state index contributed by atoms with van der Waals surface area (Å²) < 4.78 is 10.5. The minimum atomic E-state index is -0.558. The summed E-state index contributed by atoms with van der Waals surface area (Å²) in [6.07, 6.45) is 0. The molecular formula is C22H22N2O4. The van der Waals surface area contributed by atoms with E-state index in [9.17, 15) is 9.59 Å². The topological polar surface area (TPSA) is 72.6 Å². The van der Waals surface area contributed by atoms with Crippen LogP contribution in [0.25, 0.3) is 0 Å². The minimum Gasteiger partial charge on any atom is -0.457 e. The van der Waals surface area contributed by atoms with Crippen LogP contribution >= 0.6 is 0 Å². The Morgan fingerprint density at radius 2 is 1.64 bits per heavy atom. The Hall–Kier alpha value is -3.41. The molecule has 3 aromatic rings. The molecule has 0 aliphatic heterocycles. The van der Waals surface area contributed by atoms with Crippen LogP contribution in [0.4, 0.5) is 0 Å². The van der Waals surface area contributed by atoms with Gasteiger partial charge in [0.1, 0.15) is 12.4 Å². The molecule has 2 aromatic carbocycles. The molecule has 0 atom stereocenters. The molecule has 1 amide bonds. The van der Waals surface area contributed by atoms with E-state index in [0.717, 1.165) is 11.1 Å². The number of hydrogen-bond acceptors (Lipinski definition) is 5. The zero-order valence-corrected chi connectivity index (χ0v) is 16.1. The zero-order chi connectivity index (χ0) is 20.1. The molecule has 6 heteroatoms. The van der Waals surface area contributed by atoms with Crippen LogP contribution in [0.2, 0.25) is 0 Å². The Balaban J connectivity index is 1.74. The lowest BCUT2D eigenvalue weighted by Gasteiger charge is -2.19. The fourth-order valence-electron chi connectivity index (χ4n) is 2.91. The second-order valence-corrected chi connectivity index (χ2v) is 6.57. The number of nitrogens with zero attached hydrogens (tertiary/aromatic N) is 2. The van der Waals surface area contributed by atoms with Crippen LogP contribution in [0.15, 0.2) is 59.1 Å². The molecule has 0 N–H and O–H groups in total. The Bertz CT molecular complexity index is 960. The maximum Gasteiger partial charge on any atom is 0.339 e. The van der Waals surface area contributed by atoms with Crippen molar-refractivity contribution >= 4 is 11.9 Å². The summed E-state index contributed by atoms with van der Waals surface area (Å²) in [5.41, 5.74) is 2.97. The molecule has 0 saturated heterocycles. The standard InChI is InChI=1S/C22H22N2O4/c1-15-20(16(2)28-23-15)14-27-22(26)19-12-8-7-11-18(19)21(25)24(3)13-17-9-5-4-6-10-17/h4-12H,13-14H2,1-3H3. The van der Waals surface area contributed by atoms with E-state index < -0.39 is 5.97 Å². The lowest BCUT2D eigenvalue weighted by Crippen LogP contribution is -2.28. The minimum absolute atomic E-state index is 0.0440. The average Bonchev–Trinajstić information content (AvgIpc) is 3.03. The second kappa shape index (κ2) is 8.52. The van der Waals surface area contributed by atoms with Crippen molar-refractivity contribution < 1.29 is 18.8 Å².